The van der Waals surface area contributed by atoms with E-state index in [1.165, 1.54) is 0 Å². The van der Waals surface area contributed by atoms with Crippen LogP contribution in [0, 0.1) is 12.8 Å². The number of carbonyl (C=O) groups is 1. The van der Waals surface area contributed by atoms with E-state index in [-0.39, 0.29) is 21.9 Å². The molecule has 0 aliphatic carbocycles. The van der Waals surface area contributed by atoms with Crippen LogP contribution in [0.1, 0.15) is 25.8 Å². The quantitative estimate of drug-likeness (QED) is 0.759. The average molecular weight is 362 g/mol. The van der Waals surface area contributed by atoms with E-state index in [1.807, 2.05) is 20.8 Å². The number of alkyl halides is 1. The Bertz CT molecular complexity index is 552. The van der Waals surface area contributed by atoms with Gasteiger partial charge in [-0.25, -0.2) is 13.1 Å². The molecule has 1 N–H and O–H groups in total. The fourth-order valence-corrected chi connectivity index (χ4v) is 3.41. The number of hydrogen-bond acceptors (Lipinski definition) is 3. The summed E-state index contributed by atoms with van der Waals surface area (Å²) in [4.78, 5) is 12.0. The molecule has 6 heteroatoms. The monoisotopic (exact) mass is 361 g/mol. The number of carbonyl (C=O) groups excluding carboxylic acids is 1. The second-order valence-electron chi connectivity index (χ2n) is 5.22. The highest BCUT2D eigenvalue weighted by Gasteiger charge is 2.25. The fourth-order valence-electron chi connectivity index (χ4n) is 1.78. The molecule has 1 aromatic rings. The molecule has 0 heterocycles. The Balaban J connectivity index is 2.96. The number of hydrogen-bond donors (Lipinski definition) is 1. The normalized spacial score (nSPS) is 13.4. The van der Waals surface area contributed by atoms with Gasteiger partial charge in [-0.2, -0.15) is 0 Å². The lowest BCUT2D eigenvalue weighted by Gasteiger charge is -2.18. The molecule has 0 aliphatic heterocycles. The number of benzene rings is 1. The molecule has 0 aliphatic rings. The van der Waals surface area contributed by atoms with Crippen molar-refractivity contribution in [3.63, 3.8) is 0 Å². The van der Waals surface area contributed by atoms with Crippen molar-refractivity contribution in [2.24, 2.45) is 5.92 Å². The van der Waals surface area contributed by atoms with E-state index < -0.39 is 16.1 Å². The van der Waals surface area contributed by atoms with Gasteiger partial charge in [0.15, 0.2) is 5.78 Å². The summed E-state index contributed by atoms with van der Waals surface area (Å²) in [5.74, 6) is 0.0677. The maximum absolute atomic E-state index is 12.3. The summed E-state index contributed by atoms with van der Waals surface area (Å²) >= 11 is 3.09. The third kappa shape index (κ3) is 5.00. The van der Waals surface area contributed by atoms with Gasteiger partial charge in [0.05, 0.1) is 16.3 Å². The van der Waals surface area contributed by atoms with Gasteiger partial charge in [-0.3, -0.25) is 4.79 Å². The fraction of sp³-hybridized carbons (Fsp3) is 0.500. The molecule has 0 aromatic heterocycles. The highest BCUT2D eigenvalue weighted by atomic mass is 79.9. The number of ketones is 1. The minimum absolute atomic E-state index is 0.140. The van der Waals surface area contributed by atoms with Crippen molar-refractivity contribution in [1.82, 2.24) is 4.72 Å². The predicted molar refractivity (Wildman–Crippen MR) is 83.5 cm³/mol. The van der Waals surface area contributed by atoms with Gasteiger partial charge < -0.3 is 0 Å². The van der Waals surface area contributed by atoms with Crippen molar-refractivity contribution >= 4 is 31.7 Å². The first-order valence-electron chi connectivity index (χ1n) is 6.44. The lowest BCUT2D eigenvalue weighted by atomic mass is 10.0. The first-order chi connectivity index (χ1) is 9.26. The van der Waals surface area contributed by atoms with Crippen molar-refractivity contribution in [2.75, 3.05) is 5.33 Å². The second-order valence-corrected chi connectivity index (χ2v) is 7.49. The Morgan fingerprint density at radius 3 is 2.25 bits per heavy atom. The molecule has 0 saturated carbocycles. The zero-order chi connectivity index (χ0) is 15.3. The smallest absolute Gasteiger partial charge is 0.241 e. The van der Waals surface area contributed by atoms with Crippen LogP contribution in [0.2, 0.25) is 0 Å². The van der Waals surface area contributed by atoms with Crippen molar-refractivity contribution in [3.05, 3.63) is 29.8 Å². The molecule has 0 amide bonds. The average Bonchev–Trinajstić information content (AvgIpc) is 2.36. The van der Waals surface area contributed by atoms with Gasteiger partial charge in [-0.15, -0.1) is 0 Å². The molecule has 112 valence electrons. The Morgan fingerprint density at radius 2 is 1.80 bits per heavy atom. The van der Waals surface area contributed by atoms with Gasteiger partial charge in [0.1, 0.15) is 0 Å². The van der Waals surface area contributed by atoms with Gasteiger partial charge in [0.25, 0.3) is 0 Å². The lowest BCUT2D eigenvalue weighted by Crippen LogP contribution is -2.42. The van der Waals surface area contributed by atoms with E-state index in [0.29, 0.717) is 6.42 Å². The topological polar surface area (TPSA) is 63.2 Å². The summed E-state index contributed by atoms with van der Waals surface area (Å²) in [7, 11) is -3.67. The molecule has 1 atom stereocenters. The standard InChI is InChI=1S/C14H20BrNO3S/c1-10(2)8-13(14(17)9-15)16-20(18,19)12-6-4-11(3)5-7-12/h4-7,10,13,16H,8-9H2,1-3H3/t13-/m0/s1. The molecular formula is C14H20BrNO3S. The first kappa shape index (κ1) is 17.3. The minimum atomic E-state index is -3.67. The molecule has 0 spiro atoms. The molecular weight excluding hydrogens is 342 g/mol. The summed E-state index contributed by atoms with van der Waals surface area (Å²) < 4.78 is 27.1. The largest absolute Gasteiger partial charge is 0.297 e. The number of nitrogens with one attached hydrogen (secondary N) is 1. The van der Waals surface area contributed by atoms with Gasteiger partial charge >= 0.3 is 0 Å². The highest BCUT2D eigenvalue weighted by Crippen LogP contribution is 2.14. The van der Waals surface area contributed by atoms with Crippen molar-refractivity contribution in [1.29, 1.82) is 0 Å². The van der Waals surface area contributed by atoms with Gasteiger partial charge in [-0.1, -0.05) is 47.5 Å². The summed E-state index contributed by atoms with van der Waals surface area (Å²) in [5.41, 5.74) is 0.985. The predicted octanol–water partition coefficient (Wildman–Crippen LogP) is 2.65. The van der Waals surface area contributed by atoms with Crippen LogP contribution < -0.4 is 4.72 Å². The zero-order valence-electron chi connectivity index (χ0n) is 11.9. The maximum atomic E-state index is 12.3. The minimum Gasteiger partial charge on any atom is -0.297 e. The molecule has 0 fully saturated rings. The van der Waals surface area contributed by atoms with Crippen LogP contribution in [0.4, 0.5) is 0 Å². The van der Waals surface area contributed by atoms with Crippen molar-refractivity contribution in [3.8, 4) is 0 Å². The first-order valence-corrected chi connectivity index (χ1v) is 9.04. The van der Waals surface area contributed by atoms with E-state index >= 15 is 0 Å². The Morgan fingerprint density at radius 1 is 1.25 bits per heavy atom. The van der Waals surface area contributed by atoms with Crippen LogP contribution in [0.3, 0.4) is 0 Å². The molecule has 1 aromatic carbocycles. The summed E-state index contributed by atoms with van der Waals surface area (Å²) in [5, 5.41) is 0.140. The maximum Gasteiger partial charge on any atom is 0.241 e. The van der Waals surface area contributed by atoms with Crippen LogP contribution in [0.15, 0.2) is 29.2 Å². The van der Waals surface area contributed by atoms with Crippen molar-refractivity contribution in [2.45, 2.75) is 38.1 Å². The summed E-state index contributed by atoms with van der Waals surface area (Å²) in [6, 6.07) is 5.86. The number of halogens is 1. The Kier molecular flexibility index (Phi) is 6.36. The van der Waals surface area contributed by atoms with E-state index in [4.69, 9.17) is 0 Å². The van der Waals surface area contributed by atoms with Crippen LogP contribution >= 0.6 is 15.9 Å². The molecule has 20 heavy (non-hydrogen) atoms. The molecule has 4 nitrogen and oxygen atoms in total. The van der Waals surface area contributed by atoms with Crippen LogP contribution in [0.5, 0.6) is 0 Å². The number of Topliss-reactive ketones (excluding diaryl/α,β-unsaturated/α-hetero) is 1. The van der Waals surface area contributed by atoms with E-state index in [1.54, 1.807) is 24.3 Å². The van der Waals surface area contributed by atoms with Crippen molar-refractivity contribution < 1.29 is 13.2 Å². The molecule has 0 saturated heterocycles. The third-order valence-electron chi connectivity index (χ3n) is 2.86. The molecule has 1 rings (SSSR count). The third-order valence-corrected chi connectivity index (χ3v) is 4.90. The van der Waals surface area contributed by atoms with Gasteiger partial charge in [0.2, 0.25) is 10.0 Å². The molecule has 0 bridgehead atoms. The second kappa shape index (κ2) is 7.33. The highest BCUT2D eigenvalue weighted by molar-refractivity contribution is 9.09. The van der Waals surface area contributed by atoms with Gasteiger partial charge in [0, 0.05) is 0 Å². The zero-order valence-corrected chi connectivity index (χ0v) is 14.3. The number of aryl methyl sites for hydroxylation is 1. The summed E-state index contributed by atoms with van der Waals surface area (Å²) in [6.07, 6.45) is 0.482. The van der Waals surface area contributed by atoms with E-state index in [0.717, 1.165) is 5.56 Å². The van der Waals surface area contributed by atoms with E-state index in [9.17, 15) is 13.2 Å². The van der Waals surface area contributed by atoms with Crippen LogP contribution in [-0.4, -0.2) is 25.6 Å². The van der Waals surface area contributed by atoms with E-state index in [2.05, 4.69) is 20.7 Å². The SMILES string of the molecule is Cc1ccc(S(=O)(=O)N[C@@H](CC(C)C)C(=O)CBr)cc1. The molecule has 0 radical (unpaired) electrons. The number of sulfonamides is 1. The Hall–Kier alpha value is -0.720. The summed E-state index contributed by atoms with van der Waals surface area (Å²) in [6.45, 7) is 5.79. The molecule has 0 unspecified atom stereocenters. The lowest BCUT2D eigenvalue weighted by molar-refractivity contribution is -0.118. The van der Waals surface area contributed by atoms with Gasteiger partial charge in [-0.05, 0) is 31.4 Å². The number of rotatable bonds is 7. The van der Waals surface area contributed by atoms with Crippen LogP contribution in [-0.2, 0) is 14.8 Å². The van der Waals surface area contributed by atoms with Crippen LogP contribution in [0.25, 0.3) is 0 Å². The Labute approximate surface area is 129 Å².